The number of ether oxygens (including phenoxy) is 4. The van der Waals surface area contributed by atoms with Crippen LogP contribution in [0.1, 0.15) is 60.3 Å². The Morgan fingerprint density at radius 3 is 2.27 bits per heavy atom. The first-order valence-corrected chi connectivity index (χ1v) is 14.9. The molecule has 3 rings (SSSR count). The molecule has 3 saturated heterocycles. The lowest BCUT2D eigenvalue weighted by Gasteiger charge is -2.48. The van der Waals surface area contributed by atoms with Crippen LogP contribution in [0.15, 0.2) is 0 Å². The van der Waals surface area contributed by atoms with Gasteiger partial charge >= 0.3 is 5.97 Å². The molecule has 0 bridgehead atoms. The molecule has 0 saturated carbocycles. The fourth-order valence-corrected chi connectivity index (χ4v) is 6.98. The summed E-state index contributed by atoms with van der Waals surface area (Å²) in [4.78, 5) is 33.7. The molecule has 0 radical (unpaired) electrons. The average Bonchev–Trinajstić information content (AvgIpc) is 2.90. The second-order valence-electron chi connectivity index (χ2n) is 13.4. The van der Waals surface area contributed by atoms with Crippen LogP contribution in [0, 0.1) is 17.8 Å². The minimum Gasteiger partial charge on any atom is -0.463 e. The van der Waals surface area contributed by atoms with E-state index < -0.39 is 41.9 Å². The number of aliphatic hydroxyl groups excluding tert-OH is 1. The maximum absolute atomic E-state index is 13.8. The molecule has 1 spiro atoms. The van der Waals surface area contributed by atoms with Gasteiger partial charge in [0, 0.05) is 25.6 Å². The highest BCUT2D eigenvalue weighted by Crippen LogP contribution is 2.37. The second-order valence-corrected chi connectivity index (χ2v) is 13.4. The van der Waals surface area contributed by atoms with Crippen LogP contribution in [0.4, 0.5) is 0 Å². The summed E-state index contributed by atoms with van der Waals surface area (Å²) in [6, 6.07) is -0.157. The van der Waals surface area contributed by atoms with Gasteiger partial charge in [-0.1, -0.05) is 13.8 Å². The van der Waals surface area contributed by atoms with Crippen molar-refractivity contribution in [1.29, 1.82) is 0 Å². The number of carbonyl (C=O) groups is 2. The van der Waals surface area contributed by atoms with E-state index in [-0.39, 0.29) is 36.0 Å². The quantitative estimate of drug-likeness (QED) is 0.400. The third-order valence-electron chi connectivity index (χ3n) is 9.86. The van der Waals surface area contributed by atoms with E-state index >= 15 is 0 Å². The highest BCUT2D eigenvalue weighted by molar-refractivity contribution is 6.00. The Morgan fingerprint density at radius 2 is 1.70 bits per heavy atom. The van der Waals surface area contributed by atoms with Gasteiger partial charge in [0.1, 0.15) is 18.6 Å². The van der Waals surface area contributed by atoms with Gasteiger partial charge in [0.2, 0.25) is 0 Å². The number of Topliss-reactive ketones (excluding diaryl/α,β-unsaturated/α-hetero) is 1. The molecule has 3 aliphatic heterocycles. The normalized spacial score (nSPS) is 41.3. The van der Waals surface area contributed by atoms with E-state index in [0.29, 0.717) is 12.8 Å². The molecule has 0 amide bonds. The van der Waals surface area contributed by atoms with Gasteiger partial charge in [0.25, 0.3) is 0 Å². The number of rotatable bonds is 4. The van der Waals surface area contributed by atoms with Gasteiger partial charge in [-0.05, 0) is 93.7 Å². The molecular weight excluding hydrogens is 514 g/mol. The Kier molecular flexibility index (Phi) is 11.2. The number of likely N-dealkylation sites (tertiary alicyclic amines) is 1. The second kappa shape index (κ2) is 13.4. The number of cyclic esters (lactones) is 1. The average molecular weight is 570 g/mol. The zero-order chi connectivity index (χ0) is 30.0. The minimum absolute atomic E-state index is 0.137. The molecule has 10 nitrogen and oxygen atoms in total. The molecule has 232 valence electrons. The van der Waals surface area contributed by atoms with E-state index in [9.17, 15) is 14.7 Å². The number of hydrogen-bond donors (Lipinski definition) is 1. The predicted octanol–water partition coefficient (Wildman–Crippen LogP) is 2.02. The van der Waals surface area contributed by atoms with Crippen LogP contribution < -0.4 is 0 Å². The molecule has 1 N–H and O–H groups in total. The van der Waals surface area contributed by atoms with E-state index in [1.54, 1.807) is 21.0 Å². The molecule has 10 heteroatoms. The van der Waals surface area contributed by atoms with Crippen molar-refractivity contribution in [2.45, 2.75) is 102 Å². The van der Waals surface area contributed by atoms with Gasteiger partial charge in [-0.15, -0.1) is 0 Å². The molecule has 40 heavy (non-hydrogen) atoms. The predicted molar refractivity (Wildman–Crippen MR) is 153 cm³/mol. The molecular formula is C30H55N3O7. The number of hydrogen-bond acceptors (Lipinski definition) is 10. The Hall–Kier alpha value is -1.14. The number of methoxy groups -OCH3 is 1. The zero-order valence-corrected chi connectivity index (χ0v) is 26.5. The molecule has 3 heterocycles. The van der Waals surface area contributed by atoms with E-state index in [1.807, 2.05) is 32.8 Å². The van der Waals surface area contributed by atoms with Gasteiger partial charge in [-0.3, -0.25) is 14.5 Å². The molecule has 0 aromatic rings. The van der Waals surface area contributed by atoms with Crippen molar-refractivity contribution in [1.82, 2.24) is 14.7 Å². The van der Waals surface area contributed by atoms with Crippen molar-refractivity contribution in [3.05, 3.63) is 0 Å². The summed E-state index contributed by atoms with van der Waals surface area (Å²) in [5.41, 5.74) is -1.17. The highest BCUT2D eigenvalue weighted by Gasteiger charge is 2.49. The summed E-state index contributed by atoms with van der Waals surface area (Å²) >= 11 is 0. The molecule has 1 unspecified atom stereocenters. The molecule has 9 atom stereocenters. The SMILES string of the molecule is CO[C@]1(C)C[C@@H](C)CN(C)C2(CCN(C)CC2)COC(=O)C(C)C(=O)[C@H](C)[C@H]1O[C@@H]1O[C@H](C)C[C@H](N(C)C)[C@H]1O. The lowest BCUT2D eigenvalue weighted by molar-refractivity contribution is -0.295. The third kappa shape index (κ3) is 7.25. The van der Waals surface area contributed by atoms with Gasteiger partial charge in [-0.2, -0.15) is 0 Å². The van der Waals surface area contributed by atoms with Crippen LogP contribution >= 0.6 is 0 Å². The number of piperidine rings is 1. The van der Waals surface area contributed by atoms with Crippen LogP contribution in [0.2, 0.25) is 0 Å². The molecule has 0 aromatic heterocycles. The van der Waals surface area contributed by atoms with Crippen LogP contribution in [0.25, 0.3) is 0 Å². The van der Waals surface area contributed by atoms with Crippen LogP contribution in [0.5, 0.6) is 0 Å². The molecule has 0 aliphatic carbocycles. The smallest absolute Gasteiger partial charge is 0.316 e. The standard InChI is InChI=1S/C30H55N3O7/c1-19-16-29(5,37-10)26(40-28-25(35)23(31(6)7)15-20(2)39-28)21(3)24(34)22(4)27(36)38-18-30(33(9)17-19)11-13-32(8)14-12-30/h19-23,25-26,28,35H,11-18H2,1-10H3/t19-,20-,21+,22?,23+,25-,26-,28+,29-/m1/s1. The number of nitrogens with zero attached hydrogens (tertiary/aromatic N) is 3. The van der Waals surface area contributed by atoms with Crippen molar-refractivity contribution in [3.63, 3.8) is 0 Å². The summed E-state index contributed by atoms with van der Waals surface area (Å²) < 4.78 is 24.8. The van der Waals surface area contributed by atoms with Crippen molar-refractivity contribution < 1.29 is 33.6 Å². The summed E-state index contributed by atoms with van der Waals surface area (Å²) in [5, 5.41) is 11.2. The van der Waals surface area contributed by atoms with E-state index in [4.69, 9.17) is 18.9 Å². The van der Waals surface area contributed by atoms with Crippen LogP contribution in [-0.4, -0.2) is 135 Å². The Labute approximate surface area is 241 Å². The lowest BCUT2D eigenvalue weighted by atomic mass is 9.78. The monoisotopic (exact) mass is 569 g/mol. The van der Waals surface area contributed by atoms with Crippen LogP contribution in [-0.2, 0) is 28.5 Å². The fourth-order valence-electron chi connectivity index (χ4n) is 6.98. The fraction of sp³-hybridized carbons (Fsp3) is 0.933. The van der Waals surface area contributed by atoms with E-state index in [2.05, 4.69) is 30.8 Å². The summed E-state index contributed by atoms with van der Waals surface area (Å²) in [6.45, 7) is 12.4. The van der Waals surface area contributed by atoms with Crippen molar-refractivity contribution >= 4 is 11.8 Å². The molecule has 3 aliphatic rings. The largest absolute Gasteiger partial charge is 0.463 e. The first-order valence-electron chi connectivity index (χ1n) is 14.9. The number of aliphatic hydroxyl groups is 1. The number of carbonyl (C=O) groups excluding carboxylic acids is 2. The van der Waals surface area contributed by atoms with Crippen molar-refractivity contribution in [2.24, 2.45) is 17.8 Å². The van der Waals surface area contributed by atoms with E-state index in [1.165, 1.54) is 0 Å². The van der Waals surface area contributed by atoms with Gasteiger partial charge in [0.15, 0.2) is 12.1 Å². The first-order chi connectivity index (χ1) is 18.6. The number of likely N-dealkylation sites (N-methyl/N-ethyl adjacent to an activating group) is 2. The Morgan fingerprint density at radius 1 is 1.07 bits per heavy atom. The zero-order valence-electron chi connectivity index (χ0n) is 26.5. The molecule has 0 aromatic carbocycles. The van der Waals surface area contributed by atoms with Gasteiger partial charge in [-0.25, -0.2) is 0 Å². The Bertz CT molecular complexity index is 864. The first kappa shape index (κ1) is 33.4. The minimum atomic E-state index is -0.959. The van der Waals surface area contributed by atoms with Crippen molar-refractivity contribution in [3.8, 4) is 0 Å². The maximum atomic E-state index is 13.8. The lowest BCUT2D eigenvalue weighted by Crippen LogP contribution is -2.59. The highest BCUT2D eigenvalue weighted by atomic mass is 16.7. The van der Waals surface area contributed by atoms with Crippen molar-refractivity contribution in [2.75, 3.05) is 61.5 Å². The number of esters is 1. The van der Waals surface area contributed by atoms with E-state index in [0.717, 1.165) is 32.5 Å². The summed E-state index contributed by atoms with van der Waals surface area (Å²) in [6.07, 6.45) is 0.297. The maximum Gasteiger partial charge on any atom is 0.316 e. The summed E-state index contributed by atoms with van der Waals surface area (Å²) in [7, 11) is 9.72. The Balaban J connectivity index is 1.97. The topological polar surface area (TPSA) is 101 Å². The molecule has 3 fully saturated rings. The van der Waals surface area contributed by atoms with Gasteiger partial charge in [0.05, 0.1) is 23.3 Å². The van der Waals surface area contributed by atoms with Gasteiger partial charge < -0.3 is 33.9 Å². The van der Waals surface area contributed by atoms with Crippen LogP contribution in [0.3, 0.4) is 0 Å². The number of ketones is 1. The third-order valence-corrected chi connectivity index (χ3v) is 9.86. The summed E-state index contributed by atoms with van der Waals surface area (Å²) in [5.74, 6) is -2.26.